The predicted octanol–water partition coefficient (Wildman–Crippen LogP) is 2.67. The minimum absolute atomic E-state index is 0.212. The van der Waals surface area contributed by atoms with Crippen LogP contribution in [0.4, 0.5) is 0 Å². The van der Waals surface area contributed by atoms with E-state index >= 15 is 0 Å². The second kappa shape index (κ2) is 5.56. The number of allylic oxidation sites excluding steroid dienone is 1. The number of hydrogen-bond donors (Lipinski definition) is 1. The van der Waals surface area contributed by atoms with Crippen LogP contribution in [-0.2, 0) is 0 Å². The number of methoxy groups -OCH3 is 2. The summed E-state index contributed by atoms with van der Waals surface area (Å²) in [5.41, 5.74) is 8.16. The second-order valence-electron chi connectivity index (χ2n) is 3.85. The molecule has 1 aromatic rings. The summed E-state index contributed by atoms with van der Waals surface area (Å²) >= 11 is 0. The van der Waals surface area contributed by atoms with Crippen LogP contribution in [0, 0.1) is 0 Å². The van der Waals surface area contributed by atoms with E-state index in [9.17, 15) is 0 Å². The summed E-state index contributed by atoms with van der Waals surface area (Å²) in [6.45, 7) is 4.03. The Kier molecular flexibility index (Phi) is 4.38. The van der Waals surface area contributed by atoms with E-state index < -0.39 is 0 Å². The monoisotopic (exact) mass is 221 g/mol. The first-order valence-electron chi connectivity index (χ1n) is 5.21. The van der Waals surface area contributed by atoms with Crippen molar-refractivity contribution in [3.05, 3.63) is 35.4 Å². The van der Waals surface area contributed by atoms with Crippen molar-refractivity contribution in [2.45, 2.75) is 19.9 Å². The van der Waals surface area contributed by atoms with Gasteiger partial charge in [0.25, 0.3) is 0 Å². The molecule has 1 atom stereocenters. The Labute approximate surface area is 96.9 Å². The molecule has 88 valence electrons. The van der Waals surface area contributed by atoms with Crippen molar-refractivity contribution in [1.82, 2.24) is 0 Å². The molecule has 0 saturated heterocycles. The van der Waals surface area contributed by atoms with Crippen molar-refractivity contribution in [3.63, 3.8) is 0 Å². The maximum absolute atomic E-state index is 6.11. The third-order valence-corrected chi connectivity index (χ3v) is 2.31. The molecular formula is C13H19NO2. The third-order valence-electron chi connectivity index (χ3n) is 2.31. The summed E-state index contributed by atoms with van der Waals surface area (Å²) in [6, 6.07) is 5.44. The van der Waals surface area contributed by atoms with Gasteiger partial charge < -0.3 is 15.2 Å². The lowest BCUT2D eigenvalue weighted by molar-refractivity contribution is 0.383. The van der Waals surface area contributed by atoms with Gasteiger partial charge >= 0.3 is 0 Å². The Hall–Kier alpha value is -1.48. The molecule has 0 fully saturated rings. The fourth-order valence-electron chi connectivity index (χ4n) is 1.65. The van der Waals surface area contributed by atoms with Crippen LogP contribution < -0.4 is 15.2 Å². The van der Waals surface area contributed by atoms with Crippen LogP contribution in [0.25, 0.3) is 0 Å². The highest BCUT2D eigenvalue weighted by Crippen LogP contribution is 2.33. The molecule has 0 amide bonds. The first kappa shape index (κ1) is 12.6. The Bertz CT molecular complexity index is 359. The standard InChI is InChI=1S/C13H19NO2/c1-9(2)8-10(14)13-11(15-3)6-5-7-12(13)16-4/h5-8,10H,14H2,1-4H3. The van der Waals surface area contributed by atoms with Crippen LogP contribution in [0.2, 0.25) is 0 Å². The van der Waals surface area contributed by atoms with Crippen LogP contribution >= 0.6 is 0 Å². The SMILES string of the molecule is COc1cccc(OC)c1C(N)C=C(C)C. The summed E-state index contributed by atoms with van der Waals surface area (Å²) in [6.07, 6.45) is 1.99. The van der Waals surface area contributed by atoms with E-state index in [1.807, 2.05) is 38.1 Å². The van der Waals surface area contributed by atoms with Gasteiger partial charge in [-0.25, -0.2) is 0 Å². The van der Waals surface area contributed by atoms with Crippen molar-refractivity contribution < 1.29 is 9.47 Å². The zero-order valence-corrected chi connectivity index (χ0v) is 10.3. The van der Waals surface area contributed by atoms with E-state index in [0.29, 0.717) is 0 Å². The molecule has 0 heterocycles. The molecule has 2 N–H and O–H groups in total. The largest absolute Gasteiger partial charge is 0.496 e. The van der Waals surface area contributed by atoms with E-state index in [-0.39, 0.29) is 6.04 Å². The van der Waals surface area contributed by atoms with Crippen molar-refractivity contribution in [2.24, 2.45) is 5.73 Å². The number of rotatable bonds is 4. The molecule has 1 unspecified atom stereocenters. The molecule has 3 heteroatoms. The van der Waals surface area contributed by atoms with Gasteiger partial charge in [-0.3, -0.25) is 0 Å². The molecule has 0 aliphatic rings. The lowest BCUT2D eigenvalue weighted by Gasteiger charge is -2.16. The van der Waals surface area contributed by atoms with Gasteiger partial charge in [0, 0.05) is 0 Å². The molecule has 1 aromatic carbocycles. The average Bonchev–Trinajstić information content (AvgIpc) is 2.26. The molecule has 0 saturated carbocycles. The van der Waals surface area contributed by atoms with Crippen LogP contribution in [0.5, 0.6) is 11.5 Å². The normalized spacial score (nSPS) is 11.8. The van der Waals surface area contributed by atoms with Crippen LogP contribution in [-0.4, -0.2) is 14.2 Å². The maximum Gasteiger partial charge on any atom is 0.127 e. The maximum atomic E-state index is 6.11. The lowest BCUT2D eigenvalue weighted by Crippen LogP contribution is -2.11. The Balaban J connectivity index is 3.22. The Morgan fingerprint density at radius 2 is 1.69 bits per heavy atom. The van der Waals surface area contributed by atoms with Gasteiger partial charge in [0.2, 0.25) is 0 Å². The molecule has 0 bridgehead atoms. The van der Waals surface area contributed by atoms with E-state index in [4.69, 9.17) is 15.2 Å². The summed E-state index contributed by atoms with van der Waals surface area (Å²) < 4.78 is 10.6. The minimum Gasteiger partial charge on any atom is -0.496 e. The van der Waals surface area contributed by atoms with Gasteiger partial charge in [0.15, 0.2) is 0 Å². The van der Waals surface area contributed by atoms with Crippen molar-refractivity contribution >= 4 is 0 Å². The molecule has 0 radical (unpaired) electrons. The molecule has 16 heavy (non-hydrogen) atoms. The minimum atomic E-state index is -0.212. The first-order chi connectivity index (χ1) is 7.60. The number of benzene rings is 1. The highest BCUT2D eigenvalue weighted by atomic mass is 16.5. The average molecular weight is 221 g/mol. The molecule has 1 rings (SSSR count). The van der Waals surface area contributed by atoms with E-state index in [1.54, 1.807) is 14.2 Å². The second-order valence-corrected chi connectivity index (χ2v) is 3.85. The number of hydrogen-bond acceptors (Lipinski definition) is 3. The summed E-state index contributed by atoms with van der Waals surface area (Å²) in [7, 11) is 3.26. The van der Waals surface area contributed by atoms with Gasteiger partial charge in [-0.05, 0) is 26.0 Å². The molecule has 0 aliphatic heterocycles. The van der Waals surface area contributed by atoms with Crippen molar-refractivity contribution in [3.8, 4) is 11.5 Å². The fraction of sp³-hybridized carbons (Fsp3) is 0.385. The van der Waals surface area contributed by atoms with Gasteiger partial charge in [0.1, 0.15) is 11.5 Å². The summed E-state index contributed by atoms with van der Waals surface area (Å²) in [5, 5.41) is 0. The Morgan fingerprint density at radius 3 is 2.06 bits per heavy atom. The molecule has 0 aromatic heterocycles. The topological polar surface area (TPSA) is 44.5 Å². The first-order valence-corrected chi connectivity index (χ1v) is 5.21. The zero-order valence-electron chi connectivity index (χ0n) is 10.3. The van der Waals surface area contributed by atoms with Gasteiger partial charge in [-0.1, -0.05) is 17.7 Å². The molecular weight excluding hydrogens is 202 g/mol. The zero-order chi connectivity index (χ0) is 12.1. The third kappa shape index (κ3) is 2.76. The summed E-state index contributed by atoms with van der Waals surface area (Å²) in [4.78, 5) is 0. The van der Waals surface area contributed by atoms with Crippen molar-refractivity contribution in [1.29, 1.82) is 0 Å². The highest BCUT2D eigenvalue weighted by Gasteiger charge is 2.15. The summed E-state index contributed by atoms with van der Waals surface area (Å²) in [5.74, 6) is 1.51. The predicted molar refractivity (Wildman–Crippen MR) is 65.9 cm³/mol. The number of nitrogens with two attached hydrogens (primary N) is 1. The van der Waals surface area contributed by atoms with E-state index in [2.05, 4.69) is 0 Å². The van der Waals surface area contributed by atoms with Crippen LogP contribution in [0.15, 0.2) is 29.8 Å². The highest BCUT2D eigenvalue weighted by molar-refractivity contribution is 5.48. The van der Waals surface area contributed by atoms with Gasteiger partial charge in [-0.15, -0.1) is 0 Å². The van der Waals surface area contributed by atoms with Gasteiger partial charge in [-0.2, -0.15) is 0 Å². The molecule has 0 aliphatic carbocycles. The number of ether oxygens (including phenoxy) is 2. The van der Waals surface area contributed by atoms with Crippen LogP contribution in [0.3, 0.4) is 0 Å². The molecule has 3 nitrogen and oxygen atoms in total. The lowest BCUT2D eigenvalue weighted by atomic mass is 10.0. The fourth-order valence-corrected chi connectivity index (χ4v) is 1.65. The van der Waals surface area contributed by atoms with Crippen LogP contribution in [0.1, 0.15) is 25.5 Å². The van der Waals surface area contributed by atoms with Gasteiger partial charge in [0.05, 0.1) is 25.8 Å². The van der Waals surface area contributed by atoms with Crippen molar-refractivity contribution in [2.75, 3.05) is 14.2 Å². The smallest absolute Gasteiger partial charge is 0.127 e. The molecule has 0 spiro atoms. The quantitative estimate of drug-likeness (QED) is 0.795. The van der Waals surface area contributed by atoms with E-state index in [1.165, 1.54) is 5.57 Å². The Morgan fingerprint density at radius 1 is 1.19 bits per heavy atom. The van der Waals surface area contributed by atoms with E-state index in [0.717, 1.165) is 17.1 Å².